The minimum atomic E-state index is -0.327. The van der Waals surface area contributed by atoms with E-state index in [1.165, 1.54) is 0 Å². The largest absolute Gasteiger partial charge is 0.393 e. The highest BCUT2D eigenvalue weighted by Gasteiger charge is 2.21. The van der Waals surface area contributed by atoms with Gasteiger partial charge < -0.3 is 20.8 Å². The smallest absolute Gasteiger partial charge is 0.0639 e. The third-order valence-electron chi connectivity index (χ3n) is 3.06. The van der Waals surface area contributed by atoms with Crippen molar-refractivity contribution >= 4 is 0 Å². The third-order valence-corrected chi connectivity index (χ3v) is 3.06. The van der Waals surface area contributed by atoms with Gasteiger partial charge in [0.25, 0.3) is 0 Å². The van der Waals surface area contributed by atoms with Crippen molar-refractivity contribution in [1.29, 1.82) is 0 Å². The quantitative estimate of drug-likeness (QED) is 0.512. The van der Waals surface area contributed by atoms with E-state index in [4.69, 9.17) is 0 Å². The summed E-state index contributed by atoms with van der Waals surface area (Å²) in [6.07, 6.45) is 0.124. The van der Waals surface area contributed by atoms with Crippen LogP contribution < -0.4 is 10.6 Å². The molecule has 0 aromatic heterocycles. The van der Waals surface area contributed by atoms with Gasteiger partial charge in [0, 0.05) is 45.3 Å². The molecule has 0 radical (unpaired) electrons. The van der Waals surface area contributed by atoms with Crippen molar-refractivity contribution in [2.24, 2.45) is 0 Å². The van der Waals surface area contributed by atoms with E-state index in [9.17, 15) is 10.2 Å². The lowest BCUT2D eigenvalue weighted by molar-refractivity contribution is 0.0716. The minimum Gasteiger partial charge on any atom is -0.393 e. The summed E-state index contributed by atoms with van der Waals surface area (Å²) >= 11 is 0. The van der Waals surface area contributed by atoms with Crippen LogP contribution in [0, 0.1) is 0 Å². The molecule has 1 rings (SSSR count). The van der Waals surface area contributed by atoms with E-state index >= 15 is 0 Å². The van der Waals surface area contributed by atoms with Gasteiger partial charge in [0.1, 0.15) is 0 Å². The van der Waals surface area contributed by atoms with Crippen molar-refractivity contribution in [3.05, 3.63) is 0 Å². The van der Waals surface area contributed by atoms with Crippen LogP contribution in [-0.2, 0) is 0 Å². The average Bonchev–Trinajstić information content (AvgIpc) is 2.31. The van der Waals surface area contributed by atoms with E-state index in [0.29, 0.717) is 12.6 Å². The first-order valence-electron chi connectivity index (χ1n) is 6.61. The molecule has 3 atom stereocenters. The fourth-order valence-corrected chi connectivity index (χ4v) is 2.31. The number of aliphatic hydroxyl groups is 2. The summed E-state index contributed by atoms with van der Waals surface area (Å²) in [5, 5.41) is 25.8. The zero-order chi connectivity index (χ0) is 12.7. The molecule has 3 unspecified atom stereocenters. The number of aliphatic hydroxyl groups excluding tert-OH is 2. The lowest BCUT2D eigenvalue weighted by atomic mass is 10.1. The van der Waals surface area contributed by atoms with Crippen molar-refractivity contribution in [2.45, 2.75) is 38.5 Å². The van der Waals surface area contributed by atoms with Crippen LogP contribution in [-0.4, -0.2) is 72.6 Å². The van der Waals surface area contributed by atoms with Crippen molar-refractivity contribution < 1.29 is 10.2 Å². The average molecular weight is 245 g/mol. The maximum absolute atomic E-state index is 9.56. The highest BCUT2D eigenvalue weighted by Crippen LogP contribution is 2.08. The molecule has 1 saturated heterocycles. The molecule has 0 aliphatic carbocycles. The van der Waals surface area contributed by atoms with Crippen LogP contribution in [0.5, 0.6) is 0 Å². The van der Waals surface area contributed by atoms with Crippen LogP contribution in [0.2, 0.25) is 0 Å². The number of nitrogens with one attached hydrogen (secondary N) is 2. The Labute approximate surface area is 104 Å². The van der Waals surface area contributed by atoms with Crippen LogP contribution in [0.3, 0.4) is 0 Å². The summed E-state index contributed by atoms with van der Waals surface area (Å²) in [6, 6.07) is 0.296. The molecule has 1 fully saturated rings. The maximum atomic E-state index is 9.56. The molecular formula is C12H27N3O2. The zero-order valence-corrected chi connectivity index (χ0v) is 11.0. The molecule has 1 aliphatic heterocycles. The molecular weight excluding hydrogens is 218 g/mol. The number of β-amino-alcohol motifs (C(OH)–C–C–N with tert-alkyl or cyclic N) is 1. The summed E-state index contributed by atoms with van der Waals surface area (Å²) in [6.45, 7) is 8.97. The van der Waals surface area contributed by atoms with Gasteiger partial charge in [0.15, 0.2) is 0 Å². The summed E-state index contributed by atoms with van der Waals surface area (Å²) in [7, 11) is 0. The fourth-order valence-electron chi connectivity index (χ4n) is 2.31. The van der Waals surface area contributed by atoms with Crippen LogP contribution in [0.15, 0.2) is 0 Å². The first-order chi connectivity index (χ1) is 8.09. The van der Waals surface area contributed by atoms with Gasteiger partial charge in [0.2, 0.25) is 0 Å². The van der Waals surface area contributed by atoms with Crippen LogP contribution in [0.25, 0.3) is 0 Å². The number of rotatable bonds is 4. The van der Waals surface area contributed by atoms with Crippen LogP contribution in [0.4, 0.5) is 0 Å². The predicted molar refractivity (Wildman–Crippen MR) is 69.1 cm³/mol. The predicted octanol–water partition coefficient (Wildman–Crippen LogP) is -0.998. The number of hydrogen-bond donors (Lipinski definition) is 4. The van der Waals surface area contributed by atoms with E-state index in [0.717, 1.165) is 39.1 Å². The Bertz CT molecular complexity index is 180. The summed E-state index contributed by atoms with van der Waals surface area (Å²) in [5.41, 5.74) is 0. The molecule has 0 amide bonds. The molecule has 0 spiro atoms. The first-order valence-corrected chi connectivity index (χ1v) is 6.61. The van der Waals surface area contributed by atoms with Gasteiger partial charge >= 0.3 is 0 Å². The highest BCUT2D eigenvalue weighted by atomic mass is 16.3. The van der Waals surface area contributed by atoms with Gasteiger partial charge in [0.05, 0.1) is 12.2 Å². The Morgan fingerprint density at radius 1 is 1.12 bits per heavy atom. The summed E-state index contributed by atoms with van der Waals surface area (Å²) in [5.74, 6) is 0. The van der Waals surface area contributed by atoms with E-state index in [-0.39, 0.29) is 12.2 Å². The van der Waals surface area contributed by atoms with Gasteiger partial charge in [-0.05, 0) is 20.3 Å². The fraction of sp³-hybridized carbons (Fsp3) is 1.00. The Kier molecular flexibility index (Phi) is 6.99. The standard InChI is InChI=1S/C12H27N3O2/c1-10(16)7-12-8-14-4-3-13-5-6-15(12)9-11(2)17/h10-14,16-17H,3-9H2,1-2H3. The molecule has 0 aromatic carbocycles. The molecule has 0 saturated carbocycles. The van der Waals surface area contributed by atoms with Gasteiger partial charge in [-0.25, -0.2) is 0 Å². The normalized spacial score (nSPS) is 27.9. The third kappa shape index (κ3) is 6.33. The van der Waals surface area contributed by atoms with E-state index in [1.807, 2.05) is 13.8 Å². The van der Waals surface area contributed by atoms with Gasteiger partial charge in [-0.3, -0.25) is 4.90 Å². The van der Waals surface area contributed by atoms with E-state index in [1.54, 1.807) is 0 Å². The number of nitrogens with zero attached hydrogens (tertiary/aromatic N) is 1. The second kappa shape index (κ2) is 8.00. The highest BCUT2D eigenvalue weighted by molar-refractivity contribution is 4.79. The molecule has 17 heavy (non-hydrogen) atoms. The molecule has 1 heterocycles. The Morgan fingerprint density at radius 3 is 2.47 bits per heavy atom. The van der Waals surface area contributed by atoms with E-state index in [2.05, 4.69) is 15.5 Å². The van der Waals surface area contributed by atoms with E-state index < -0.39 is 0 Å². The topological polar surface area (TPSA) is 67.8 Å². The Morgan fingerprint density at radius 2 is 1.82 bits per heavy atom. The van der Waals surface area contributed by atoms with Crippen molar-refractivity contribution in [3.63, 3.8) is 0 Å². The zero-order valence-electron chi connectivity index (χ0n) is 11.0. The number of hydrogen-bond acceptors (Lipinski definition) is 5. The van der Waals surface area contributed by atoms with Crippen molar-refractivity contribution in [3.8, 4) is 0 Å². The van der Waals surface area contributed by atoms with Crippen LogP contribution >= 0.6 is 0 Å². The van der Waals surface area contributed by atoms with Crippen molar-refractivity contribution in [2.75, 3.05) is 39.3 Å². The minimum absolute atomic E-state index is 0.296. The SMILES string of the molecule is CC(O)CC1CNCCNCCN1CC(C)O. The molecule has 5 nitrogen and oxygen atoms in total. The maximum Gasteiger partial charge on any atom is 0.0639 e. The summed E-state index contributed by atoms with van der Waals surface area (Å²) in [4.78, 5) is 2.27. The first kappa shape index (κ1) is 14.9. The molecule has 5 heteroatoms. The monoisotopic (exact) mass is 245 g/mol. The summed E-state index contributed by atoms with van der Waals surface area (Å²) < 4.78 is 0. The molecule has 4 N–H and O–H groups in total. The second-order valence-electron chi connectivity index (χ2n) is 5.04. The second-order valence-corrected chi connectivity index (χ2v) is 5.04. The molecule has 1 aliphatic rings. The van der Waals surface area contributed by atoms with Crippen molar-refractivity contribution in [1.82, 2.24) is 15.5 Å². The van der Waals surface area contributed by atoms with Gasteiger partial charge in [-0.15, -0.1) is 0 Å². The van der Waals surface area contributed by atoms with Crippen LogP contribution in [0.1, 0.15) is 20.3 Å². The van der Waals surface area contributed by atoms with Gasteiger partial charge in [-0.1, -0.05) is 0 Å². The Hall–Kier alpha value is -0.200. The lowest BCUT2D eigenvalue weighted by Crippen LogP contribution is -2.47. The van der Waals surface area contributed by atoms with Gasteiger partial charge in [-0.2, -0.15) is 0 Å². The molecule has 102 valence electrons. The lowest BCUT2D eigenvalue weighted by Gasteiger charge is -2.33. The molecule has 0 bridgehead atoms. The Balaban J connectivity index is 2.58. The molecule has 0 aromatic rings.